The van der Waals surface area contributed by atoms with E-state index >= 15 is 0 Å². The Kier molecular flexibility index (Phi) is 13.2. The molecule has 6 aromatic carbocycles. The third kappa shape index (κ3) is 8.35. The summed E-state index contributed by atoms with van der Waals surface area (Å²) in [6.45, 7) is 3.55. The van der Waals surface area contributed by atoms with Crippen molar-refractivity contribution in [2.45, 2.75) is 30.3 Å². The molecule has 56 heavy (non-hydrogen) atoms. The molecule has 0 saturated carbocycles. The Morgan fingerprint density at radius 3 is 1.30 bits per heavy atom. The Balaban J connectivity index is 0.000000180. The SMILES string of the molecule is C.ClC1(c2cc3ccccc3o2)CN(C(c2ccccc2)c2ccccc2)C1.[CH3-].[Pd].c1ccc(C(c2ccccc2)N2CC(c3cc4ccccc4o3)C2)cc1. The number of rotatable bonds is 8. The van der Waals surface area contributed by atoms with E-state index in [2.05, 4.69) is 161 Å². The van der Waals surface area contributed by atoms with Gasteiger partial charge in [-0.2, -0.15) is 0 Å². The van der Waals surface area contributed by atoms with Crippen molar-refractivity contribution >= 4 is 33.5 Å². The fourth-order valence-corrected chi connectivity index (χ4v) is 8.42. The monoisotopic (exact) mass is 849 g/mol. The predicted octanol–water partition coefficient (Wildman–Crippen LogP) is 12.7. The van der Waals surface area contributed by atoms with E-state index in [4.69, 9.17) is 20.4 Å². The van der Waals surface area contributed by atoms with Gasteiger partial charge in [-0.1, -0.05) is 165 Å². The molecule has 2 saturated heterocycles. The van der Waals surface area contributed by atoms with Crippen molar-refractivity contribution in [2.75, 3.05) is 26.2 Å². The van der Waals surface area contributed by atoms with Crippen molar-refractivity contribution in [3.8, 4) is 0 Å². The molecule has 2 aromatic heterocycles. The van der Waals surface area contributed by atoms with Crippen LogP contribution in [0.3, 0.4) is 0 Å². The first kappa shape index (κ1) is 40.9. The smallest absolute Gasteiger partial charge is 0.134 e. The molecule has 0 bridgehead atoms. The van der Waals surface area contributed by atoms with E-state index in [1.165, 1.54) is 27.6 Å². The van der Waals surface area contributed by atoms with Crippen molar-refractivity contribution in [1.82, 2.24) is 9.80 Å². The van der Waals surface area contributed by atoms with Gasteiger partial charge in [0.2, 0.25) is 0 Å². The van der Waals surface area contributed by atoms with E-state index in [-0.39, 0.29) is 41.3 Å². The number of hydrogen-bond donors (Lipinski definition) is 0. The second-order valence-corrected chi connectivity index (χ2v) is 15.0. The van der Waals surface area contributed by atoms with Crippen molar-refractivity contribution in [1.29, 1.82) is 0 Å². The zero-order chi connectivity index (χ0) is 35.6. The van der Waals surface area contributed by atoms with Crippen LogP contribution in [-0.2, 0) is 25.3 Å². The van der Waals surface area contributed by atoms with E-state index in [1.54, 1.807) is 0 Å². The number of nitrogens with zero attached hydrogens (tertiary/aromatic N) is 2. The molecule has 0 N–H and O–H groups in total. The number of furan rings is 2. The third-order valence-electron chi connectivity index (χ3n) is 10.7. The topological polar surface area (TPSA) is 32.8 Å². The van der Waals surface area contributed by atoms with Gasteiger partial charge in [-0.25, -0.2) is 0 Å². The van der Waals surface area contributed by atoms with Crippen molar-refractivity contribution in [3.05, 3.63) is 223 Å². The maximum Gasteiger partial charge on any atom is 0.134 e. The Morgan fingerprint density at radius 1 is 0.500 bits per heavy atom. The minimum absolute atomic E-state index is 0. The summed E-state index contributed by atoms with van der Waals surface area (Å²) in [6.07, 6.45) is 0. The molecule has 6 heteroatoms. The van der Waals surface area contributed by atoms with Crippen LogP contribution in [0.5, 0.6) is 0 Å². The maximum absolute atomic E-state index is 6.98. The molecule has 0 amide bonds. The van der Waals surface area contributed by atoms with E-state index < -0.39 is 4.87 Å². The summed E-state index contributed by atoms with van der Waals surface area (Å²) in [7, 11) is 0. The maximum atomic E-state index is 6.98. The Hall–Kier alpha value is -4.73. The molecule has 2 aliphatic heterocycles. The van der Waals surface area contributed by atoms with Gasteiger partial charge in [-0.3, -0.25) is 9.80 Å². The number of hydrogen-bond acceptors (Lipinski definition) is 4. The molecule has 0 radical (unpaired) electrons. The average molecular weight is 851 g/mol. The van der Waals surface area contributed by atoms with Gasteiger partial charge in [0.1, 0.15) is 27.6 Å². The first-order valence-electron chi connectivity index (χ1n) is 18.5. The molecule has 2 aliphatic rings. The second-order valence-electron chi connectivity index (χ2n) is 14.3. The van der Waals surface area contributed by atoms with Crippen LogP contribution >= 0.6 is 11.6 Å². The minimum atomic E-state index is -0.471. The molecular formula is C50H48ClN2O2Pd-. The number of fused-ring (bicyclic) bond motifs is 2. The first-order valence-corrected chi connectivity index (χ1v) is 18.8. The molecule has 0 aliphatic carbocycles. The van der Waals surface area contributed by atoms with Crippen LogP contribution in [0.4, 0.5) is 0 Å². The fourth-order valence-electron chi connectivity index (χ4n) is 8.02. The van der Waals surface area contributed by atoms with Crippen LogP contribution < -0.4 is 0 Å². The summed E-state index contributed by atoms with van der Waals surface area (Å²) in [5.74, 6) is 2.45. The van der Waals surface area contributed by atoms with Gasteiger partial charge in [0, 0.05) is 63.3 Å². The van der Waals surface area contributed by atoms with Crippen molar-refractivity contribution in [3.63, 3.8) is 0 Å². The van der Waals surface area contributed by atoms with Crippen LogP contribution in [-0.4, -0.2) is 36.0 Å². The molecule has 10 rings (SSSR count). The molecule has 4 nitrogen and oxygen atoms in total. The summed E-state index contributed by atoms with van der Waals surface area (Å²) < 4.78 is 12.1. The average Bonchev–Trinajstić information content (AvgIpc) is 3.82. The van der Waals surface area contributed by atoms with Gasteiger partial charge in [0.25, 0.3) is 0 Å². The Labute approximate surface area is 350 Å². The molecule has 2 fully saturated rings. The van der Waals surface area contributed by atoms with Gasteiger partial charge in [-0.15, -0.1) is 11.6 Å². The van der Waals surface area contributed by atoms with Crippen LogP contribution in [0.15, 0.2) is 191 Å². The zero-order valence-electron chi connectivity index (χ0n) is 30.8. The number of benzene rings is 6. The summed E-state index contributed by atoms with van der Waals surface area (Å²) in [5.41, 5.74) is 7.15. The quantitative estimate of drug-likeness (QED) is 0.0866. The molecule has 0 unspecified atom stereocenters. The largest absolute Gasteiger partial charge is 0.461 e. The van der Waals surface area contributed by atoms with E-state index in [9.17, 15) is 0 Å². The molecule has 0 spiro atoms. The molecule has 0 atom stereocenters. The van der Waals surface area contributed by atoms with Crippen LogP contribution in [0.1, 0.15) is 59.2 Å². The zero-order valence-corrected chi connectivity index (χ0v) is 33.1. The van der Waals surface area contributed by atoms with E-state index in [1.807, 2.05) is 30.3 Å². The first-order chi connectivity index (χ1) is 26.1. The summed E-state index contributed by atoms with van der Waals surface area (Å²) in [5, 5.41) is 2.30. The number of para-hydroxylation sites is 2. The summed E-state index contributed by atoms with van der Waals surface area (Å²) >= 11 is 6.98. The standard InChI is InChI=1S/C24H20ClNO.C24H21NO.CH4.CH3.Pd/c25-24(22-15-20-13-7-8-14-21(20)27-22)16-26(17-24)23(18-9-3-1-4-10-18)19-11-5-2-6-12-19;1-3-9-18(10-4-1)24(19-11-5-2-6-12-19)25-16-21(17-25)23-15-20-13-7-8-14-22(20)26-23;;;/h1-15,23H,16-17H2;1-15,21,24H,16-17H2;1H4;1H3;/q;;;-1;. The van der Waals surface area contributed by atoms with Gasteiger partial charge < -0.3 is 16.3 Å². The number of likely N-dealkylation sites (tertiary alicyclic amines) is 2. The van der Waals surface area contributed by atoms with Gasteiger partial charge in [0.15, 0.2) is 0 Å². The summed E-state index contributed by atoms with van der Waals surface area (Å²) in [6, 6.07) is 64.0. The molecule has 8 aromatic rings. The van der Waals surface area contributed by atoms with Crippen LogP contribution in [0.2, 0.25) is 0 Å². The Morgan fingerprint density at radius 2 is 0.875 bits per heavy atom. The third-order valence-corrected chi connectivity index (χ3v) is 11.1. The number of alkyl halides is 1. The number of halogens is 1. The molecule has 4 heterocycles. The van der Waals surface area contributed by atoms with E-state index in [0.717, 1.165) is 54.3 Å². The summed E-state index contributed by atoms with van der Waals surface area (Å²) in [4.78, 5) is 4.49. The van der Waals surface area contributed by atoms with Crippen LogP contribution in [0.25, 0.3) is 21.9 Å². The van der Waals surface area contributed by atoms with Gasteiger partial charge >= 0.3 is 0 Å². The van der Waals surface area contributed by atoms with Gasteiger partial charge in [-0.05, 0) is 46.5 Å². The van der Waals surface area contributed by atoms with E-state index in [0.29, 0.717) is 12.0 Å². The van der Waals surface area contributed by atoms with Crippen molar-refractivity contribution in [2.24, 2.45) is 0 Å². The molecular weight excluding hydrogens is 802 g/mol. The van der Waals surface area contributed by atoms with Crippen molar-refractivity contribution < 1.29 is 29.3 Å². The minimum Gasteiger partial charge on any atom is -0.461 e. The fraction of sp³-hybridized carbons (Fsp3) is 0.180. The normalized spacial score (nSPS) is 15.1. The van der Waals surface area contributed by atoms with Crippen LogP contribution in [0, 0.1) is 7.43 Å². The van der Waals surface area contributed by atoms with Gasteiger partial charge in [0.05, 0.1) is 12.1 Å². The Bertz CT molecular complexity index is 2260. The predicted molar refractivity (Wildman–Crippen MR) is 228 cm³/mol. The molecule has 288 valence electrons. The second kappa shape index (κ2) is 18.0.